The highest BCUT2D eigenvalue weighted by Gasteiger charge is 2.34. The van der Waals surface area contributed by atoms with E-state index in [1.54, 1.807) is 35.2 Å². The molecule has 0 aliphatic carbocycles. The summed E-state index contributed by atoms with van der Waals surface area (Å²) in [6, 6.07) is 20.4. The highest BCUT2D eigenvalue weighted by Crippen LogP contribution is 2.30. The topological polar surface area (TPSA) is 78.1 Å². The number of hydrogen-bond donors (Lipinski definition) is 2. The lowest BCUT2D eigenvalue weighted by atomic mass is 9.97. The maximum atomic E-state index is 13.3. The standard InChI is InChI=1S/C27H23F3N4O2/c28-27(29,30)26-31-21-12-11-19(15-22(21)32-26)24(18-7-2-1-3-8-18)33-25(36)20-9-4-6-17(14-20)16-34-13-5-10-23(34)35/h1-4,6-9,11-12,14-15,24H,5,10,13,16H2,(H,31,32)(H,33,36). The Kier molecular flexibility index (Phi) is 6.22. The first-order valence-corrected chi connectivity index (χ1v) is 11.6. The average molecular weight is 493 g/mol. The zero-order chi connectivity index (χ0) is 25.3. The van der Waals surface area contributed by atoms with Crippen LogP contribution in [0.3, 0.4) is 0 Å². The van der Waals surface area contributed by atoms with Crippen LogP contribution in [0.2, 0.25) is 0 Å². The molecule has 1 aliphatic heterocycles. The van der Waals surface area contributed by atoms with E-state index in [1.807, 2.05) is 36.4 Å². The first kappa shape index (κ1) is 23.6. The number of imidazole rings is 1. The Hall–Kier alpha value is -4.14. The molecule has 1 aliphatic rings. The van der Waals surface area contributed by atoms with Gasteiger partial charge in [-0.15, -0.1) is 0 Å². The lowest BCUT2D eigenvalue weighted by molar-refractivity contribution is -0.144. The van der Waals surface area contributed by atoms with Crippen LogP contribution in [-0.2, 0) is 17.5 Å². The Labute approximate surface area is 205 Å². The van der Waals surface area contributed by atoms with E-state index in [1.165, 1.54) is 6.07 Å². The number of aromatic amines is 1. The van der Waals surface area contributed by atoms with Gasteiger partial charge >= 0.3 is 6.18 Å². The predicted octanol–water partition coefficient (Wildman–Crippen LogP) is 5.22. The fourth-order valence-corrected chi connectivity index (χ4v) is 4.46. The number of carbonyl (C=O) groups excluding carboxylic acids is 2. The van der Waals surface area contributed by atoms with Gasteiger partial charge in [-0.2, -0.15) is 13.2 Å². The van der Waals surface area contributed by atoms with Crippen molar-refractivity contribution >= 4 is 22.8 Å². The molecule has 1 unspecified atom stereocenters. The van der Waals surface area contributed by atoms with Crippen LogP contribution in [0.4, 0.5) is 13.2 Å². The lowest BCUT2D eigenvalue weighted by Gasteiger charge is -2.21. The Morgan fingerprint density at radius 3 is 2.56 bits per heavy atom. The second-order valence-electron chi connectivity index (χ2n) is 8.80. The molecule has 0 bridgehead atoms. The molecule has 1 aromatic heterocycles. The zero-order valence-corrected chi connectivity index (χ0v) is 19.2. The largest absolute Gasteiger partial charge is 0.449 e. The molecule has 2 N–H and O–H groups in total. The van der Waals surface area contributed by atoms with Crippen molar-refractivity contribution in [1.82, 2.24) is 20.2 Å². The average Bonchev–Trinajstić information content (AvgIpc) is 3.48. The minimum absolute atomic E-state index is 0.108. The van der Waals surface area contributed by atoms with Gasteiger partial charge in [0, 0.05) is 25.1 Å². The third-order valence-electron chi connectivity index (χ3n) is 6.25. The zero-order valence-electron chi connectivity index (χ0n) is 19.2. The monoisotopic (exact) mass is 492 g/mol. The molecule has 9 heteroatoms. The molecule has 1 saturated heterocycles. The van der Waals surface area contributed by atoms with Gasteiger partial charge in [0.25, 0.3) is 5.91 Å². The van der Waals surface area contributed by atoms with E-state index in [2.05, 4.69) is 15.3 Å². The maximum absolute atomic E-state index is 13.3. The number of halogens is 3. The number of hydrogen-bond acceptors (Lipinski definition) is 3. The molecule has 6 nitrogen and oxygen atoms in total. The van der Waals surface area contributed by atoms with Crippen LogP contribution in [-0.4, -0.2) is 33.2 Å². The number of likely N-dealkylation sites (tertiary alicyclic amines) is 1. The van der Waals surface area contributed by atoms with Crippen LogP contribution in [0.15, 0.2) is 72.8 Å². The van der Waals surface area contributed by atoms with Crippen LogP contribution >= 0.6 is 0 Å². The van der Waals surface area contributed by atoms with Gasteiger partial charge < -0.3 is 15.2 Å². The molecule has 0 spiro atoms. The van der Waals surface area contributed by atoms with E-state index >= 15 is 0 Å². The van der Waals surface area contributed by atoms with E-state index in [0.717, 1.165) is 17.5 Å². The Morgan fingerprint density at radius 1 is 1.03 bits per heavy atom. The summed E-state index contributed by atoms with van der Waals surface area (Å²) in [4.78, 5) is 33.0. The van der Waals surface area contributed by atoms with Crippen LogP contribution in [0, 0.1) is 0 Å². The van der Waals surface area contributed by atoms with Crippen molar-refractivity contribution < 1.29 is 22.8 Å². The molecular weight excluding hydrogens is 469 g/mol. The summed E-state index contributed by atoms with van der Waals surface area (Å²) in [6.45, 7) is 1.15. The smallest absolute Gasteiger partial charge is 0.341 e. The Bertz CT molecular complexity index is 1420. The Morgan fingerprint density at radius 2 is 1.83 bits per heavy atom. The third kappa shape index (κ3) is 4.95. The molecule has 0 radical (unpaired) electrons. The van der Waals surface area contributed by atoms with Gasteiger partial charge in [0.1, 0.15) is 0 Å². The molecule has 5 rings (SSSR count). The molecule has 2 amide bonds. The van der Waals surface area contributed by atoms with Gasteiger partial charge in [-0.3, -0.25) is 9.59 Å². The number of benzene rings is 3. The van der Waals surface area contributed by atoms with Crippen molar-refractivity contribution in [2.45, 2.75) is 31.6 Å². The second-order valence-corrected chi connectivity index (χ2v) is 8.80. The fourth-order valence-electron chi connectivity index (χ4n) is 4.46. The van der Waals surface area contributed by atoms with Crippen molar-refractivity contribution in [3.63, 3.8) is 0 Å². The van der Waals surface area contributed by atoms with Gasteiger partial charge in [0.15, 0.2) is 0 Å². The molecule has 1 atom stereocenters. The van der Waals surface area contributed by atoms with E-state index < -0.39 is 18.0 Å². The van der Waals surface area contributed by atoms with Crippen LogP contribution in [0.25, 0.3) is 11.0 Å². The summed E-state index contributed by atoms with van der Waals surface area (Å²) >= 11 is 0. The summed E-state index contributed by atoms with van der Waals surface area (Å²) < 4.78 is 39.4. The molecule has 3 aromatic carbocycles. The summed E-state index contributed by atoms with van der Waals surface area (Å²) in [6.07, 6.45) is -3.20. The van der Waals surface area contributed by atoms with Crippen LogP contribution in [0.1, 0.15) is 51.8 Å². The van der Waals surface area contributed by atoms with Crippen molar-refractivity contribution in [3.05, 3.63) is 101 Å². The SMILES string of the molecule is O=C(NC(c1ccccc1)c1ccc2nc(C(F)(F)F)[nH]c2c1)c1cccc(CN2CCCC2=O)c1. The van der Waals surface area contributed by atoms with Crippen molar-refractivity contribution in [2.75, 3.05) is 6.54 Å². The quantitative estimate of drug-likeness (QED) is 0.387. The fraction of sp³-hybridized carbons (Fsp3) is 0.222. The second kappa shape index (κ2) is 9.49. The number of aromatic nitrogens is 2. The Balaban J connectivity index is 1.44. The van der Waals surface area contributed by atoms with E-state index in [9.17, 15) is 22.8 Å². The summed E-state index contributed by atoms with van der Waals surface area (Å²) in [5, 5.41) is 3.02. The van der Waals surface area contributed by atoms with E-state index in [4.69, 9.17) is 0 Å². The summed E-state index contributed by atoms with van der Waals surface area (Å²) in [7, 11) is 0. The predicted molar refractivity (Wildman–Crippen MR) is 128 cm³/mol. The van der Waals surface area contributed by atoms with Crippen molar-refractivity contribution in [3.8, 4) is 0 Å². The van der Waals surface area contributed by atoms with Gasteiger partial charge in [-0.05, 0) is 47.4 Å². The minimum atomic E-state index is -4.59. The minimum Gasteiger partial charge on any atom is -0.341 e. The number of fused-ring (bicyclic) bond motifs is 1. The van der Waals surface area contributed by atoms with Gasteiger partial charge in [0.05, 0.1) is 17.1 Å². The molecule has 1 fully saturated rings. The van der Waals surface area contributed by atoms with E-state index in [0.29, 0.717) is 30.6 Å². The van der Waals surface area contributed by atoms with Crippen molar-refractivity contribution in [1.29, 1.82) is 0 Å². The lowest BCUT2D eigenvalue weighted by Crippen LogP contribution is -2.29. The maximum Gasteiger partial charge on any atom is 0.449 e. The van der Waals surface area contributed by atoms with E-state index in [-0.39, 0.29) is 22.8 Å². The van der Waals surface area contributed by atoms with Crippen LogP contribution < -0.4 is 5.32 Å². The summed E-state index contributed by atoms with van der Waals surface area (Å²) in [5.74, 6) is -1.29. The highest BCUT2D eigenvalue weighted by atomic mass is 19.4. The van der Waals surface area contributed by atoms with Gasteiger partial charge in [0.2, 0.25) is 11.7 Å². The number of rotatable bonds is 6. The highest BCUT2D eigenvalue weighted by molar-refractivity contribution is 5.95. The number of carbonyl (C=O) groups is 2. The number of nitrogens with zero attached hydrogens (tertiary/aromatic N) is 2. The molecule has 2 heterocycles. The third-order valence-corrected chi connectivity index (χ3v) is 6.25. The first-order valence-electron chi connectivity index (χ1n) is 11.6. The summed E-state index contributed by atoms with van der Waals surface area (Å²) in [5.41, 5.74) is 3.09. The number of H-pyrrole nitrogens is 1. The van der Waals surface area contributed by atoms with Gasteiger partial charge in [-0.1, -0.05) is 48.5 Å². The molecule has 0 saturated carbocycles. The molecule has 36 heavy (non-hydrogen) atoms. The number of alkyl halides is 3. The first-order chi connectivity index (χ1) is 17.3. The van der Waals surface area contributed by atoms with Crippen LogP contribution in [0.5, 0.6) is 0 Å². The van der Waals surface area contributed by atoms with Crippen molar-refractivity contribution in [2.24, 2.45) is 0 Å². The number of amides is 2. The normalized spacial score (nSPS) is 14.9. The van der Waals surface area contributed by atoms with Gasteiger partial charge in [-0.25, -0.2) is 4.98 Å². The number of nitrogens with one attached hydrogen (secondary N) is 2. The molecular formula is C27H23F3N4O2. The molecule has 184 valence electrons. The molecule has 4 aromatic rings.